The first kappa shape index (κ1) is 31.7. The zero-order chi connectivity index (χ0) is 30.6. The fourth-order valence-corrected chi connectivity index (χ4v) is 5.52. The minimum atomic E-state index is -0.504. The zero-order valence-electron chi connectivity index (χ0n) is 24.9. The summed E-state index contributed by atoms with van der Waals surface area (Å²) < 4.78 is 28.0. The molecule has 0 aliphatic heterocycles. The van der Waals surface area contributed by atoms with Crippen molar-refractivity contribution in [1.29, 1.82) is 0 Å². The first-order valence-corrected chi connectivity index (χ1v) is 15.6. The van der Waals surface area contributed by atoms with E-state index in [1.54, 1.807) is 38.1 Å². The second-order valence-corrected chi connectivity index (χ2v) is 11.5. The van der Waals surface area contributed by atoms with E-state index >= 15 is 0 Å². The van der Waals surface area contributed by atoms with Gasteiger partial charge in [-0.25, -0.2) is 8.70 Å². The number of nitrogens with zero attached hydrogens (tertiary/aromatic N) is 2. The summed E-state index contributed by atoms with van der Waals surface area (Å²) in [5.41, 5.74) is 1.46. The fraction of sp³-hybridized carbons (Fsp3) is 0.419. The summed E-state index contributed by atoms with van der Waals surface area (Å²) in [6.45, 7) is 10.4. The van der Waals surface area contributed by atoms with Gasteiger partial charge in [0.05, 0.1) is 16.9 Å². The molecule has 42 heavy (non-hydrogen) atoms. The van der Waals surface area contributed by atoms with Gasteiger partial charge in [0.1, 0.15) is 28.0 Å². The molecule has 1 aromatic heterocycles. The number of nitrogens with one attached hydrogen (secondary N) is 3. The number of benzene rings is 2. The highest BCUT2D eigenvalue weighted by Crippen LogP contribution is 2.41. The Kier molecular flexibility index (Phi) is 10.5. The third-order valence-electron chi connectivity index (χ3n) is 7.00. The quantitative estimate of drug-likeness (QED) is 0.190. The number of pyridine rings is 1. The van der Waals surface area contributed by atoms with E-state index in [4.69, 9.17) is 16.3 Å². The molecule has 3 N–H and O–H groups in total. The number of carbonyl (C=O) groups excluding carboxylic acids is 1. The van der Waals surface area contributed by atoms with Crippen LogP contribution in [0.5, 0.6) is 11.5 Å². The van der Waals surface area contributed by atoms with Crippen LogP contribution in [0.4, 0.5) is 21.6 Å². The number of aromatic nitrogens is 1. The lowest BCUT2D eigenvalue weighted by atomic mass is 10.1. The van der Waals surface area contributed by atoms with Crippen LogP contribution in [-0.2, 0) is 7.05 Å². The van der Waals surface area contributed by atoms with Gasteiger partial charge in [0.2, 0.25) is 0 Å². The molecule has 0 radical (unpaired) electrons. The third-order valence-corrected chi connectivity index (χ3v) is 8.49. The Morgan fingerprint density at radius 3 is 2.48 bits per heavy atom. The molecule has 2 fully saturated rings. The molecule has 0 saturated heterocycles. The largest absolute Gasteiger partial charge is 0.454 e. The van der Waals surface area contributed by atoms with Crippen LogP contribution in [0.3, 0.4) is 0 Å². The first-order chi connectivity index (χ1) is 20.2. The predicted molar refractivity (Wildman–Crippen MR) is 171 cm³/mol. The second-order valence-electron chi connectivity index (χ2n) is 10.3. The van der Waals surface area contributed by atoms with Crippen molar-refractivity contribution in [1.82, 2.24) is 14.2 Å². The van der Waals surface area contributed by atoms with Crippen molar-refractivity contribution in [2.24, 2.45) is 7.05 Å². The molecular formula is C31H39ClFN5O3S. The van der Waals surface area contributed by atoms with Gasteiger partial charge in [-0.15, -0.1) is 0 Å². The smallest absolute Gasteiger partial charge is 0.259 e. The van der Waals surface area contributed by atoms with Gasteiger partial charge in [0.25, 0.3) is 11.5 Å². The Hall–Kier alpha value is -3.21. The third kappa shape index (κ3) is 7.22. The molecule has 0 atom stereocenters. The van der Waals surface area contributed by atoms with Gasteiger partial charge in [-0.3, -0.25) is 14.2 Å². The number of hydrogen-bond acceptors (Lipinski definition) is 7. The summed E-state index contributed by atoms with van der Waals surface area (Å²) >= 11 is 8.26. The maximum atomic E-state index is 14.8. The zero-order valence-corrected chi connectivity index (χ0v) is 26.5. The van der Waals surface area contributed by atoms with Crippen LogP contribution in [0.15, 0.2) is 41.2 Å². The Balaban J connectivity index is 0.00000198. The molecule has 0 unspecified atom stereocenters. The Morgan fingerprint density at radius 2 is 1.86 bits per heavy atom. The maximum absolute atomic E-state index is 14.8. The lowest BCUT2D eigenvalue weighted by Gasteiger charge is -2.22. The van der Waals surface area contributed by atoms with Crippen LogP contribution < -0.4 is 25.7 Å². The van der Waals surface area contributed by atoms with Gasteiger partial charge in [0.15, 0.2) is 5.75 Å². The van der Waals surface area contributed by atoms with Gasteiger partial charge >= 0.3 is 0 Å². The number of hydrogen-bond donors (Lipinski definition) is 3. The summed E-state index contributed by atoms with van der Waals surface area (Å²) in [5, 5.41) is 6.27. The monoisotopic (exact) mass is 615 g/mol. The van der Waals surface area contributed by atoms with E-state index < -0.39 is 17.3 Å². The van der Waals surface area contributed by atoms with E-state index in [-0.39, 0.29) is 40.2 Å². The van der Waals surface area contributed by atoms with Crippen LogP contribution in [0.25, 0.3) is 0 Å². The molecule has 5 rings (SSSR count). The standard InChI is InChI=1S/C29H33ClFN5O3S.C2H6/c1-5-36(19-12-13-19)40-34-22-7-6-8-23(25(22)30)39-26-17(3)29(38)35(4)27(24(26)28(37)32-18-10-11-18)33-21-14-9-16(2)15-20(21)31;1-2/h6-9,14-15,18-19,33-34H,5,10-13H2,1-4H3,(H,32,37);1-2H3. The number of halogens is 2. The molecule has 2 aliphatic carbocycles. The van der Waals surface area contributed by atoms with Crippen LogP contribution in [0, 0.1) is 19.7 Å². The Labute approximate surface area is 256 Å². The number of carbonyl (C=O) groups is 1. The van der Waals surface area contributed by atoms with Crippen LogP contribution >= 0.6 is 23.7 Å². The number of amides is 1. The van der Waals surface area contributed by atoms with Crippen LogP contribution in [-0.4, -0.2) is 33.4 Å². The molecule has 226 valence electrons. The fourth-order valence-electron chi connectivity index (χ4n) is 4.38. The molecule has 2 aliphatic rings. The minimum Gasteiger partial charge on any atom is -0.454 e. The van der Waals surface area contributed by atoms with E-state index in [0.29, 0.717) is 16.8 Å². The number of ether oxygens (including phenoxy) is 1. The SMILES string of the molecule is CC.CCN(SNc1cccc(Oc2c(C(=O)NC3CC3)c(Nc3ccc(C)cc3F)n(C)c(=O)c2C)c1Cl)C1CC1. The summed E-state index contributed by atoms with van der Waals surface area (Å²) in [5.74, 6) is -0.455. The average molecular weight is 616 g/mol. The first-order valence-electron chi connectivity index (χ1n) is 14.4. The molecule has 1 amide bonds. The van der Waals surface area contributed by atoms with Crippen molar-refractivity contribution in [3.63, 3.8) is 0 Å². The van der Waals surface area contributed by atoms with Crippen molar-refractivity contribution >= 4 is 46.8 Å². The van der Waals surface area contributed by atoms with Gasteiger partial charge in [-0.1, -0.05) is 44.5 Å². The minimum absolute atomic E-state index is 0.0444. The second kappa shape index (κ2) is 13.8. The van der Waals surface area contributed by atoms with Crippen molar-refractivity contribution < 1.29 is 13.9 Å². The molecule has 2 saturated carbocycles. The molecule has 8 nitrogen and oxygen atoms in total. The molecule has 11 heteroatoms. The average Bonchev–Trinajstić information content (AvgIpc) is 3.91. The predicted octanol–water partition coefficient (Wildman–Crippen LogP) is 7.71. The van der Waals surface area contributed by atoms with Gasteiger partial charge < -0.3 is 20.1 Å². The molecule has 3 aromatic rings. The number of aryl methyl sites for hydroxylation is 1. The van der Waals surface area contributed by atoms with Crippen LogP contribution in [0.2, 0.25) is 5.02 Å². The summed E-state index contributed by atoms with van der Waals surface area (Å²) in [6, 6.07) is 10.6. The molecular weight excluding hydrogens is 577 g/mol. The van der Waals surface area contributed by atoms with E-state index in [0.717, 1.165) is 24.9 Å². The van der Waals surface area contributed by atoms with Crippen molar-refractivity contribution in [2.45, 2.75) is 72.4 Å². The molecule has 0 bridgehead atoms. The Morgan fingerprint density at radius 1 is 1.14 bits per heavy atom. The van der Waals surface area contributed by atoms with Crippen molar-refractivity contribution in [3.8, 4) is 11.5 Å². The van der Waals surface area contributed by atoms with Crippen molar-refractivity contribution in [3.05, 3.63) is 74.3 Å². The van der Waals surface area contributed by atoms with E-state index in [2.05, 4.69) is 26.6 Å². The highest BCUT2D eigenvalue weighted by atomic mass is 35.5. The highest BCUT2D eigenvalue weighted by molar-refractivity contribution is 7.98. The van der Waals surface area contributed by atoms with Gasteiger partial charge in [-0.2, -0.15) is 0 Å². The summed E-state index contributed by atoms with van der Waals surface area (Å²) in [7, 11) is 1.54. The molecule has 2 aromatic carbocycles. The highest BCUT2D eigenvalue weighted by Gasteiger charge is 2.31. The van der Waals surface area contributed by atoms with E-state index in [1.165, 1.54) is 42.7 Å². The van der Waals surface area contributed by atoms with Crippen LogP contribution in [0.1, 0.15) is 67.9 Å². The van der Waals surface area contributed by atoms with Gasteiger partial charge in [-0.05, 0) is 69.4 Å². The van der Waals surface area contributed by atoms with Crippen molar-refractivity contribution in [2.75, 3.05) is 16.6 Å². The topological polar surface area (TPSA) is 87.6 Å². The molecule has 1 heterocycles. The van der Waals surface area contributed by atoms with Gasteiger partial charge in [0, 0.05) is 37.8 Å². The lowest BCUT2D eigenvalue weighted by Crippen LogP contribution is -2.31. The summed E-state index contributed by atoms with van der Waals surface area (Å²) in [4.78, 5) is 26.9. The molecule has 0 spiro atoms. The lowest BCUT2D eigenvalue weighted by molar-refractivity contribution is 0.0948. The number of anilines is 3. The normalized spacial score (nSPS) is 14.2. The number of rotatable bonds is 11. The Bertz CT molecular complexity index is 1510. The summed E-state index contributed by atoms with van der Waals surface area (Å²) in [6.07, 6.45) is 4.09. The maximum Gasteiger partial charge on any atom is 0.259 e. The van der Waals surface area contributed by atoms with E-state index in [1.807, 2.05) is 19.9 Å². The van der Waals surface area contributed by atoms with E-state index in [9.17, 15) is 14.0 Å².